The number of carboxylic acid groups (broad SMARTS) is 1. The quantitative estimate of drug-likeness (QED) is 0.634. The van der Waals surface area contributed by atoms with Crippen LogP contribution in [0.1, 0.15) is 55.5 Å². The third kappa shape index (κ3) is 4.65. The van der Waals surface area contributed by atoms with E-state index >= 15 is 0 Å². The van der Waals surface area contributed by atoms with Gasteiger partial charge in [0, 0.05) is 0 Å². The molecule has 0 heterocycles. The van der Waals surface area contributed by atoms with Crippen LogP contribution < -0.4 is 5.46 Å². The molecule has 1 aromatic carbocycles. The Morgan fingerprint density at radius 3 is 2.50 bits per heavy atom. The lowest BCUT2D eigenvalue weighted by atomic mass is 9.74. The highest BCUT2D eigenvalue weighted by Gasteiger charge is 2.19. The summed E-state index contributed by atoms with van der Waals surface area (Å²) in [5, 5.41) is 27.9. The van der Waals surface area contributed by atoms with Gasteiger partial charge in [-0.05, 0) is 35.5 Å². The summed E-state index contributed by atoms with van der Waals surface area (Å²) in [7, 11) is -1.56. The Morgan fingerprint density at radius 1 is 1.30 bits per heavy atom. The number of aromatic carboxylic acids is 1. The number of rotatable bonds is 8. The second-order valence-corrected chi connectivity index (χ2v) is 5.21. The minimum absolute atomic E-state index is 0.190. The molecule has 0 saturated carbocycles. The summed E-state index contributed by atoms with van der Waals surface area (Å²) in [6.45, 7) is 4.25. The first-order chi connectivity index (χ1) is 9.49. The number of hydrogen-bond acceptors (Lipinski definition) is 3. The van der Waals surface area contributed by atoms with Crippen molar-refractivity contribution in [3.05, 3.63) is 29.3 Å². The van der Waals surface area contributed by atoms with E-state index in [9.17, 15) is 14.8 Å². The summed E-state index contributed by atoms with van der Waals surface area (Å²) in [6, 6.07) is 4.47. The maximum Gasteiger partial charge on any atom is 0.488 e. The van der Waals surface area contributed by atoms with E-state index in [1.807, 2.05) is 0 Å². The van der Waals surface area contributed by atoms with Crippen molar-refractivity contribution in [1.82, 2.24) is 0 Å². The van der Waals surface area contributed by atoms with Gasteiger partial charge in [-0.3, -0.25) is 0 Å². The first-order valence-electron chi connectivity index (χ1n) is 7.21. The Hall–Kier alpha value is -1.33. The van der Waals surface area contributed by atoms with Gasteiger partial charge < -0.3 is 15.2 Å². The fraction of sp³-hybridized carbons (Fsp3) is 0.533. The van der Waals surface area contributed by atoms with Crippen LogP contribution >= 0.6 is 0 Å². The van der Waals surface area contributed by atoms with Gasteiger partial charge in [0.05, 0.1) is 5.56 Å². The number of benzene rings is 1. The molecule has 0 aliphatic heterocycles. The van der Waals surface area contributed by atoms with Crippen LogP contribution in [0, 0.1) is 5.92 Å². The molecule has 0 spiro atoms. The molecule has 0 saturated heterocycles. The van der Waals surface area contributed by atoms with Gasteiger partial charge in [0.2, 0.25) is 0 Å². The maximum atomic E-state index is 11.0. The average Bonchev–Trinajstić information content (AvgIpc) is 2.42. The molecular formula is C15H23BO4. The Bertz CT molecular complexity index is 445. The normalized spacial score (nSPS) is 12.2. The molecule has 1 atom stereocenters. The topological polar surface area (TPSA) is 77.8 Å². The van der Waals surface area contributed by atoms with E-state index in [-0.39, 0.29) is 5.56 Å². The van der Waals surface area contributed by atoms with Gasteiger partial charge in [0.25, 0.3) is 0 Å². The smallest absolute Gasteiger partial charge is 0.478 e. The zero-order valence-electron chi connectivity index (χ0n) is 12.2. The van der Waals surface area contributed by atoms with Crippen LogP contribution in [-0.4, -0.2) is 28.2 Å². The van der Waals surface area contributed by atoms with Gasteiger partial charge in [-0.2, -0.15) is 0 Å². The number of hydrogen-bond donors (Lipinski definition) is 3. The molecule has 4 nitrogen and oxygen atoms in total. The molecule has 3 N–H and O–H groups in total. The summed E-state index contributed by atoms with van der Waals surface area (Å²) in [4.78, 5) is 11.0. The van der Waals surface area contributed by atoms with Crippen molar-refractivity contribution in [3.63, 3.8) is 0 Å². The first-order valence-corrected chi connectivity index (χ1v) is 7.21. The number of carbonyl (C=O) groups is 1. The van der Waals surface area contributed by atoms with Crippen LogP contribution in [0.5, 0.6) is 0 Å². The Morgan fingerprint density at radius 2 is 2.00 bits per heavy atom. The van der Waals surface area contributed by atoms with Crippen LogP contribution in [0.2, 0.25) is 0 Å². The van der Waals surface area contributed by atoms with E-state index in [1.165, 1.54) is 12.1 Å². The largest absolute Gasteiger partial charge is 0.488 e. The Balaban J connectivity index is 2.99. The van der Waals surface area contributed by atoms with Gasteiger partial charge >= 0.3 is 13.1 Å². The molecule has 0 radical (unpaired) electrons. The van der Waals surface area contributed by atoms with E-state index < -0.39 is 13.1 Å². The summed E-state index contributed by atoms with van der Waals surface area (Å²) in [5.41, 5.74) is 1.32. The van der Waals surface area contributed by atoms with E-state index in [2.05, 4.69) is 13.8 Å². The molecule has 110 valence electrons. The fourth-order valence-electron chi connectivity index (χ4n) is 2.42. The van der Waals surface area contributed by atoms with E-state index in [4.69, 9.17) is 5.11 Å². The molecule has 1 aromatic rings. The van der Waals surface area contributed by atoms with Crippen LogP contribution in [0.4, 0.5) is 0 Å². The van der Waals surface area contributed by atoms with Crippen LogP contribution in [0.3, 0.4) is 0 Å². The number of unbranched alkanes of at least 4 members (excludes halogenated alkanes) is 1. The number of carboxylic acids is 1. The lowest BCUT2D eigenvalue weighted by Gasteiger charge is -2.17. The van der Waals surface area contributed by atoms with Gasteiger partial charge in [0.1, 0.15) is 0 Å². The van der Waals surface area contributed by atoms with Crippen LogP contribution in [0.15, 0.2) is 18.2 Å². The Labute approximate surface area is 120 Å². The van der Waals surface area contributed by atoms with Crippen molar-refractivity contribution < 1.29 is 19.9 Å². The second-order valence-electron chi connectivity index (χ2n) is 5.21. The average molecular weight is 278 g/mol. The van der Waals surface area contributed by atoms with Gasteiger partial charge in [-0.1, -0.05) is 45.6 Å². The van der Waals surface area contributed by atoms with Crippen molar-refractivity contribution >= 4 is 18.6 Å². The van der Waals surface area contributed by atoms with Crippen LogP contribution in [0.25, 0.3) is 0 Å². The molecule has 20 heavy (non-hydrogen) atoms. The monoisotopic (exact) mass is 278 g/mol. The minimum Gasteiger partial charge on any atom is -0.478 e. The lowest BCUT2D eigenvalue weighted by molar-refractivity contribution is 0.0696. The van der Waals surface area contributed by atoms with Crippen molar-refractivity contribution in [2.75, 3.05) is 0 Å². The van der Waals surface area contributed by atoms with E-state index in [0.717, 1.165) is 31.2 Å². The third-order valence-corrected chi connectivity index (χ3v) is 3.72. The lowest BCUT2D eigenvalue weighted by Crippen LogP contribution is -2.34. The SMILES string of the molecule is CCCCC(CC)Cc1cc(C(=O)O)ccc1B(O)O. The molecule has 0 aliphatic rings. The molecule has 5 heteroatoms. The first kappa shape index (κ1) is 16.7. The van der Waals surface area contributed by atoms with Crippen molar-refractivity contribution in [2.24, 2.45) is 5.92 Å². The molecule has 0 aromatic heterocycles. The van der Waals surface area contributed by atoms with Gasteiger partial charge in [0.15, 0.2) is 0 Å². The molecular weight excluding hydrogens is 255 g/mol. The summed E-state index contributed by atoms with van der Waals surface area (Å²) in [5.74, 6) is -0.552. The molecule has 0 fully saturated rings. The second kappa shape index (κ2) is 8.07. The van der Waals surface area contributed by atoms with Crippen molar-refractivity contribution in [2.45, 2.75) is 46.0 Å². The molecule has 1 rings (SSSR count). The van der Waals surface area contributed by atoms with Crippen LogP contribution in [-0.2, 0) is 6.42 Å². The van der Waals surface area contributed by atoms with Crippen molar-refractivity contribution in [3.8, 4) is 0 Å². The van der Waals surface area contributed by atoms with E-state index in [1.54, 1.807) is 6.07 Å². The molecule has 0 bridgehead atoms. The highest BCUT2D eigenvalue weighted by Crippen LogP contribution is 2.18. The zero-order chi connectivity index (χ0) is 15.1. The minimum atomic E-state index is -1.56. The third-order valence-electron chi connectivity index (χ3n) is 3.72. The molecule has 0 amide bonds. The molecule has 1 unspecified atom stereocenters. The van der Waals surface area contributed by atoms with Gasteiger partial charge in [-0.25, -0.2) is 4.79 Å². The predicted molar refractivity (Wildman–Crippen MR) is 80.2 cm³/mol. The summed E-state index contributed by atoms with van der Waals surface area (Å²) in [6.07, 6.45) is 5.02. The highest BCUT2D eigenvalue weighted by atomic mass is 16.4. The maximum absolute atomic E-state index is 11.0. The summed E-state index contributed by atoms with van der Waals surface area (Å²) >= 11 is 0. The summed E-state index contributed by atoms with van der Waals surface area (Å²) < 4.78 is 0. The van der Waals surface area contributed by atoms with E-state index in [0.29, 0.717) is 17.8 Å². The highest BCUT2D eigenvalue weighted by molar-refractivity contribution is 6.59. The standard InChI is InChI=1S/C15H23BO4/c1-3-5-6-11(4-2)9-13-10-12(15(17)18)7-8-14(13)16(19)20/h7-8,10-11,19-20H,3-6,9H2,1-2H3,(H,17,18). The van der Waals surface area contributed by atoms with Gasteiger partial charge in [-0.15, -0.1) is 0 Å². The fourth-order valence-corrected chi connectivity index (χ4v) is 2.42. The Kier molecular flexibility index (Phi) is 6.75. The van der Waals surface area contributed by atoms with Crippen molar-refractivity contribution in [1.29, 1.82) is 0 Å². The zero-order valence-corrected chi connectivity index (χ0v) is 12.2. The molecule has 0 aliphatic carbocycles. The predicted octanol–water partition coefficient (Wildman–Crippen LogP) is 1.82.